The summed E-state index contributed by atoms with van der Waals surface area (Å²) in [5, 5.41) is 3.42. The Labute approximate surface area is 133 Å². The molecule has 0 aliphatic rings. The molecule has 4 heteroatoms. The Bertz CT molecular complexity index is 599. The van der Waals surface area contributed by atoms with Crippen molar-refractivity contribution in [1.29, 1.82) is 0 Å². The van der Waals surface area contributed by atoms with Gasteiger partial charge in [0.05, 0.1) is 17.8 Å². The van der Waals surface area contributed by atoms with E-state index in [2.05, 4.69) is 65.2 Å². The van der Waals surface area contributed by atoms with Gasteiger partial charge in [0, 0.05) is 12.2 Å². The van der Waals surface area contributed by atoms with Crippen LogP contribution in [0, 0.1) is 10.5 Å². The van der Waals surface area contributed by atoms with Gasteiger partial charge in [-0.05, 0) is 64.9 Å². The SMILES string of the molecule is COc1cc(CNc2cccc(C)c2)cc(I)c1OC. The highest BCUT2D eigenvalue weighted by Crippen LogP contribution is 2.33. The molecule has 0 atom stereocenters. The van der Waals surface area contributed by atoms with Gasteiger partial charge in [0.25, 0.3) is 0 Å². The van der Waals surface area contributed by atoms with Crippen LogP contribution in [0.2, 0.25) is 0 Å². The number of halogens is 1. The van der Waals surface area contributed by atoms with Crippen LogP contribution in [-0.4, -0.2) is 14.2 Å². The summed E-state index contributed by atoms with van der Waals surface area (Å²) in [6, 6.07) is 12.4. The predicted octanol–water partition coefficient (Wildman–Crippen LogP) is 4.23. The molecule has 106 valence electrons. The molecule has 0 amide bonds. The van der Waals surface area contributed by atoms with Gasteiger partial charge < -0.3 is 14.8 Å². The molecule has 1 N–H and O–H groups in total. The van der Waals surface area contributed by atoms with Gasteiger partial charge in [-0.3, -0.25) is 0 Å². The highest BCUT2D eigenvalue weighted by molar-refractivity contribution is 14.1. The molecule has 0 fully saturated rings. The minimum atomic E-state index is 0.750. The zero-order valence-corrected chi connectivity index (χ0v) is 14.0. The maximum atomic E-state index is 5.37. The highest BCUT2D eigenvalue weighted by Gasteiger charge is 2.10. The van der Waals surface area contributed by atoms with Crippen molar-refractivity contribution in [2.45, 2.75) is 13.5 Å². The molecule has 0 saturated heterocycles. The number of benzene rings is 2. The molecule has 0 spiro atoms. The molecule has 0 bridgehead atoms. The first-order chi connectivity index (χ1) is 9.63. The lowest BCUT2D eigenvalue weighted by atomic mass is 10.2. The number of hydrogen-bond donors (Lipinski definition) is 1. The van der Waals surface area contributed by atoms with Crippen molar-refractivity contribution in [2.75, 3.05) is 19.5 Å². The van der Waals surface area contributed by atoms with Crippen LogP contribution in [-0.2, 0) is 6.54 Å². The van der Waals surface area contributed by atoms with Crippen LogP contribution in [0.25, 0.3) is 0 Å². The Kier molecular flexibility index (Phi) is 5.11. The molecule has 0 heterocycles. The molecule has 0 unspecified atom stereocenters. The average Bonchev–Trinajstić information content (AvgIpc) is 2.44. The van der Waals surface area contributed by atoms with E-state index >= 15 is 0 Å². The Balaban J connectivity index is 2.16. The van der Waals surface area contributed by atoms with Gasteiger partial charge in [0.2, 0.25) is 0 Å². The molecule has 20 heavy (non-hydrogen) atoms. The third-order valence-electron chi connectivity index (χ3n) is 3.01. The Hall–Kier alpha value is -1.43. The van der Waals surface area contributed by atoms with Crippen LogP contribution in [0.15, 0.2) is 36.4 Å². The highest BCUT2D eigenvalue weighted by atomic mass is 127. The first kappa shape index (κ1) is 15.0. The summed E-state index contributed by atoms with van der Waals surface area (Å²) in [5.74, 6) is 1.55. The van der Waals surface area contributed by atoms with E-state index in [1.54, 1.807) is 14.2 Å². The maximum absolute atomic E-state index is 5.37. The summed E-state index contributed by atoms with van der Waals surface area (Å²) >= 11 is 2.26. The zero-order chi connectivity index (χ0) is 14.5. The fraction of sp³-hybridized carbons (Fsp3) is 0.250. The van der Waals surface area contributed by atoms with Gasteiger partial charge in [0.15, 0.2) is 11.5 Å². The molecular formula is C16H18INO2. The van der Waals surface area contributed by atoms with E-state index in [0.717, 1.165) is 32.9 Å². The largest absolute Gasteiger partial charge is 0.493 e. The third-order valence-corrected chi connectivity index (χ3v) is 3.81. The van der Waals surface area contributed by atoms with Gasteiger partial charge in [-0.25, -0.2) is 0 Å². The standard InChI is InChI=1S/C16H18INO2/c1-11-5-4-6-13(7-11)18-10-12-8-14(17)16(20-3)15(9-12)19-2/h4-9,18H,10H2,1-3H3. The normalized spacial score (nSPS) is 10.2. The van der Waals surface area contributed by atoms with Crippen LogP contribution < -0.4 is 14.8 Å². The predicted molar refractivity (Wildman–Crippen MR) is 90.8 cm³/mol. The van der Waals surface area contributed by atoms with E-state index in [1.807, 2.05) is 6.07 Å². The lowest BCUT2D eigenvalue weighted by Crippen LogP contribution is -2.02. The molecule has 2 rings (SSSR count). The monoisotopic (exact) mass is 383 g/mol. The Morgan fingerprint density at radius 2 is 1.90 bits per heavy atom. The Morgan fingerprint density at radius 3 is 2.55 bits per heavy atom. The summed E-state index contributed by atoms with van der Waals surface area (Å²) < 4.78 is 11.8. The van der Waals surface area contributed by atoms with Crippen LogP contribution in [0.1, 0.15) is 11.1 Å². The number of hydrogen-bond acceptors (Lipinski definition) is 3. The van der Waals surface area contributed by atoms with Crippen molar-refractivity contribution in [3.8, 4) is 11.5 Å². The second-order valence-corrected chi connectivity index (χ2v) is 5.70. The van der Waals surface area contributed by atoms with Crippen LogP contribution >= 0.6 is 22.6 Å². The number of nitrogens with one attached hydrogen (secondary N) is 1. The minimum absolute atomic E-state index is 0.750. The molecule has 2 aromatic rings. The summed E-state index contributed by atoms with van der Waals surface area (Å²) in [5.41, 5.74) is 3.53. The quantitative estimate of drug-likeness (QED) is 0.784. The van der Waals surface area contributed by atoms with Gasteiger partial charge in [0.1, 0.15) is 0 Å². The maximum Gasteiger partial charge on any atom is 0.174 e. The van der Waals surface area contributed by atoms with Gasteiger partial charge in [-0.1, -0.05) is 12.1 Å². The van der Waals surface area contributed by atoms with E-state index in [0.29, 0.717) is 0 Å². The molecule has 0 saturated carbocycles. The van der Waals surface area contributed by atoms with Gasteiger partial charge in [-0.15, -0.1) is 0 Å². The average molecular weight is 383 g/mol. The van der Waals surface area contributed by atoms with E-state index in [-0.39, 0.29) is 0 Å². The number of rotatable bonds is 5. The topological polar surface area (TPSA) is 30.5 Å². The number of methoxy groups -OCH3 is 2. The van der Waals surface area contributed by atoms with E-state index in [9.17, 15) is 0 Å². The number of anilines is 1. The van der Waals surface area contributed by atoms with Crippen LogP contribution in [0.5, 0.6) is 11.5 Å². The fourth-order valence-electron chi connectivity index (χ4n) is 2.03. The fourth-order valence-corrected chi connectivity index (χ4v) is 2.92. The third kappa shape index (κ3) is 3.56. The van der Waals surface area contributed by atoms with Crippen molar-refractivity contribution in [2.24, 2.45) is 0 Å². The van der Waals surface area contributed by atoms with Crippen LogP contribution in [0.3, 0.4) is 0 Å². The molecule has 0 aliphatic heterocycles. The van der Waals surface area contributed by atoms with Crippen LogP contribution in [0.4, 0.5) is 5.69 Å². The minimum Gasteiger partial charge on any atom is -0.493 e. The van der Waals surface area contributed by atoms with E-state index < -0.39 is 0 Å². The van der Waals surface area contributed by atoms with Crippen molar-refractivity contribution < 1.29 is 9.47 Å². The van der Waals surface area contributed by atoms with Gasteiger partial charge in [-0.2, -0.15) is 0 Å². The summed E-state index contributed by atoms with van der Waals surface area (Å²) in [6.07, 6.45) is 0. The van der Waals surface area contributed by atoms with Crippen molar-refractivity contribution >= 4 is 28.3 Å². The summed E-state index contributed by atoms with van der Waals surface area (Å²) in [4.78, 5) is 0. The first-order valence-corrected chi connectivity index (χ1v) is 7.43. The molecule has 0 aliphatic carbocycles. The zero-order valence-electron chi connectivity index (χ0n) is 11.9. The summed E-state index contributed by atoms with van der Waals surface area (Å²) in [7, 11) is 3.32. The molecular weight excluding hydrogens is 365 g/mol. The lowest BCUT2D eigenvalue weighted by molar-refractivity contribution is 0.352. The second kappa shape index (κ2) is 6.83. The molecule has 2 aromatic carbocycles. The summed E-state index contributed by atoms with van der Waals surface area (Å²) in [6.45, 7) is 2.84. The van der Waals surface area contributed by atoms with Crippen molar-refractivity contribution in [3.05, 3.63) is 51.1 Å². The molecule has 3 nitrogen and oxygen atoms in total. The van der Waals surface area contributed by atoms with E-state index in [4.69, 9.17) is 9.47 Å². The smallest absolute Gasteiger partial charge is 0.174 e. The number of ether oxygens (including phenoxy) is 2. The van der Waals surface area contributed by atoms with E-state index in [1.165, 1.54) is 5.56 Å². The number of aryl methyl sites for hydroxylation is 1. The van der Waals surface area contributed by atoms with Crippen molar-refractivity contribution in [1.82, 2.24) is 0 Å². The molecule has 0 radical (unpaired) electrons. The van der Waals surface area contributed by atoms with Gasteiger partial charge >= 0.3 is 0 Å². The lowest BCUT2D eigenvalue weighted by Gasteiger charge is -2.13. The Morgan fingerprint density at radius 1 is 1.10 bits per heavy atom. The second-order valence-electron chi connectivity index (χ2n) is 4.54. The first-order valence-electron chi connectivity index (χ1n) is 6.35. The molecule has 0 aromatic heterocycles. The van der Waals surface area contributed by atoms with Crippen molar-refractivity contribution in [3.63, 3.8) is 0 Å².